The van der Waals surface area contributed by atoms with Gasteiger partial charge in [0.15, 0.2) is 0 Å². The van der Waals surface area contributed by atoms with E-state index in [0.717, 1.165) is 24.5 Å². The smallest absolute Gasteiger partial charge is 0.223 e. The zero-order chi connectivity index (χ0) is 13.0. The van der Waals surface area contributed by atoms with E-state index in [-0.39, 0.29) is 5.91 Å². The Hall–Kier alpha value is -1.25. The van der Waals surface area contributed by atoms with Crippen molar-refractivity contribution in [1.29, 1.82) is 0 Å². The number of hydrogen-bond donors (Lipinski definition) is 0. The first-order valence-electron chi connectivity index (χ1n) is 6.95. The summed E-state index contributed by atoms with van der Waals surface area (Å²) in [6.07, 6.45) is 7.73. The summed E-state index contributed by atoms with van der Waals surface area (Å²) in [5.41, 5.74) is 0. The van der Waals surface area contributed by atoms with Crippen LogP contribution in [0.4, 0.5) is 0 Å². The fourth-order valence-electron chi connectivity index (χ4n) is 2.69. The summed E-state index contributed by atoms with van der Waals surface area (Å²) in [5, 5.41) is 0. The summed E-state index contributed by atoms with van der Waals surface area (Å²) < 4.78 is 5.25. The van der Waals surface area contributed by atoms with Gasteiger partial charge in [-0.05, 0) is 43.7 Å². The van der Waals surface area contributed by atoms with Crippen molar-refractivity contribution in [3.8, 4) is 0 Å². The zero-order valence-corrected chi connectivity index (χ0v) is 11.4. The molecule has 1 aliphatic rings. The summed E-state index contributed by atoms with van der Waals surface area (Å²) in [4.78, 5) is 14.1. The Labute approximate surface area is 109 Å². The molecule has 0 aromatic carbocycles. The van der Waals surface area contributed by atoms with E-state index in [0.29, 0.717) is 18.9 Å². The van der Waals surface area contributed by atoms with E-state index in [1.165, 1.54) is 12.8 Å². The molecule has 0 aliphatic heterocycles. The second kappa shape index (κ2) is 6.07. The number of nitrogens with zero attached hydrogens (tertiary/aromatic N) is 1. The molecule has 1 aromatic heterocycles. The molecule has 1 amide bonds. The molecular weight excluding hydrogens is 226 g/mol. The van der Waals surface area contributed by atoms with E-state index in [4.69, 9.17) is 4.42 Å². The number of carbonyl (C=O) groups is 1. The monoisotopic (exact) mass is 249 g/mol. The average Bonchev–Trinajstić information content (AvgIpc) is 2.89. The molecule has 100 valence electrons. The largest absolute Gasteiger partial charge is 0.469 e. The van der Waals surface area contributed by atoms with E-state index in [1.54, 1.807) is 6.26 Å². The number of aryl methyl sites for hydroxylation is 1. The van der Waals surface area contributed by atoms with Crippen molar-refractivity contribution in [3.63, 3.8) is 0 Å². The normalized spacial score (nSPS) is 23.9. The molecule has 0 bridgehead atoms. The molecule has 3 heteroatoms. The van der Waals surface area contributed by atoms with Gasteiger partial charge in [-0.2, -0.15) is 0 Å². The zero-order valence-electron chi connectivity index (χ0n) is 11.4. The van der Waals surface area contributed by atoms with Gasteiger partial charge in [0, 0.05) is 25.9 Å². The Kier molecular flexibility index (Phi) is 4.45. The Morgan fingerprint density at radius 2 is 2.11 bits per heavy atom. The van der Waals surface area contributed by atoms with E-state index in [1.807, 2.05) is 24.1 Å². The summed E-state index contributed by atoms with van der Waals surface area (Å²) in [5.74, 6) is 1.97. The average molecular weight is 249 g/mol. The maximum Gasteiger partial charge on any atom is 0.223 e. The van der Waals surface area contributed by atoms with Gasteiger partial charge in [0.2, 0.25) is 5.91 Å². The minimum atomic E-state index is 0.242. The molecule has 0 saturated heterocycles. The van der Waals surface area contributed by atoms with Gasteiger partial charge in [-0.3, -0.25) is 4.79 Å². The Morgan fingerprint density at radius 3 is 2.72 bits per heavy atom. The first-order chi connectivity index (χ1) is 8.66. The van der Waals surface area contributed by atoms with Gasteiger partial charge in [-0.1, -0.05) is 6.92 Å². The van der Waals surface area contributed by atoms with Crippen LogP contribution in [0, 0.1) is 5.92 Å². The van der Waals surface area contributed by atoms with Crippen LogP contribution in [0.1, 0.15) is 44.8 Å². The first-order valence-corrected chi connectivity index (χ1v) is 6.95. The predicted octanol–water partition coefficient (Wildman–Crippen LogP) is 3.25. The molecule has 0 spiro atoms. The minimum absolute atomic E-state index is 0.242. The van der Waals surface area contributed by atoms with Crippen LogP contribution in [-0.2, 0) is 11.2 Å². The molecule has 0 N–H and O–H groups in total. The van der Waals surface area contributed by atoms with Crippen LogP contribution in [0.15, 0.2) is 22.8 Å². The standard InChI is InChI=1S/C15H23NO2/c1-12-5-7-13(8-6-12)16(2)15(17)10-9-14-4-3-11-18-14/h3-4,11-13H,5-10H2,1-2H3. The van der Waals surface area contributed by atoms with Gasteiger partial charge in [0.1, 0.15) is 5.76 Å². The van der Waals surface area contributed by atoms with E-state index in [9.17, 15) is 4.79 Å². The SMILES string of the molecule is CC1CCC(N(C)C(=O)CCc2ccco2)CC1. The molecule has 1 aromatic rings. The van der Waals surface area contributed by atoms with E-state index >= 15 is 0 Å². The van der Waals surface area contributed by atoms with Crippen LogP contribution in [0.2, 0.25) is 0 Å². The number of furan rings is 1. The van der Waals surface area contributed by atoms with Crippen LogP contribution in [0.25, 0.3) is 0 Å². The van der Waals surface area contributed by atoms with Crippen molar-refractivity contribution >= 4 is 5.91 Å². The highest BCUT2D eigenvalue weighted by Gasteiger charge is 2.24. The van der Waals surface area contributed by atoms with Crippen molar-refractivity contribution in [2.45, 2.75) is 51.5 Å². The first kappa shape index (κ1) is 13.2. The lowest BCUT2D eigenvalue weighted by Crippen LogP contribution is -2.39. The Bertz CT molecular complexity index is 364. The van der Waals surface area contributed by atoms with Crippen LogP contribution in [0.3, 0.4) is 0 Å². The third-order valence-electron chi connectivity index (χ3n) is 4.09. The third-order valence-corrected chi connectivity index (χ3v) is 4.09. The molecule has 1 aliphatic carbocycles. The molecule has 0 atom stereocenters. The summed E-state index contributed by atoms with van der Waals surface area (Å²) in [6, 6.07) is 4.24. The van der Waals surface area contributed by atoms with Gasteiger partial charge >= 0.3 is 0 Å². The molecule has 0 radical (unpaired) electrons. The molecule has 1 saturated carbocycles. The number of carbonyl (C=O) groups excluding carboxylic acids is 1. The summed E-state index contributed by atoms with van der Waals surface area (Å²) in [6.45, 7) is 2.30. The number of rotatable bonds is 4. The summed E-state index contributed by atoms with van der Waals surface area (Å²) >= 11 is 0. The van der Waals surface area contributed by atoms with Crippen LogP contribution >= 0.6 is 0 Å². The van der Waals surface area contributed by atoms with Crippen LogP contribution in [0.5, 0.6) is 0 Å². The second-order valence-corrected chi connectivity index (χ2v) is 5.50. The van der Waals surface area contributed by atoms with Crippen molar-refractivity contribution in [3.05, 3.63) is 24.2 Å². The quantitative estimate of drug-likeness (QED) is 0.820. The molecule has 2 rings (SSSR count). The number of hydrogen-bond acceptors (Lipinski definition) is 2. The molecule has 0 unspecified atom stereocenters. The lowest BCUT2D eigenvalue weighted by Gasteiger charge is -2.33. The Balaban J connectivity index is 1.77. The van der Waals surface area contributed by atoms with Gasteiger partial charge in [0.05, 0.1) is 6.26 Å². The maximum atomic E-state index is 12.1. The van der Waals surface area contributed by atoms with Gasteiger partial charge in [-0.15, -0.1) is 0 Å². The lowest BCUT2D eigenvalue weighted by atomic mass is 9.86. The summed E-state index contributed by atoms with van der Waals surface area (Å²) in [7, 11) is 1.95. The topological polar surface area (TPSA) is 33.5 Å². The fraction of sp³-hybridized carbons (Fsp3) is 0.667. The minimum Gasteiger partial charge on any atom is -0.469 e. The van der Waals surface area contributed by atoms with Crippen molar-refractivity contribution < 1.29 is 9.21 Å². The molecular formula is C15H23NO2. The molecule has 18 heavy (non-hydrogen) atoms. The highest BCUT2D eigenvalue weighted by atomic mass is 16.3. The highest BCUT2D eigenvalue weighted by molar-refractivity contribution is 5.76. The maximum absolute atomic E-state index is 12.1. The lowest BCUT2D eigenvalue weighted by molar-refractivity contribution is -0.132. The molecule has 1 fully saturated rings. The van der Waals surface area contributed by atoms with Crippen LogP contribution < -0.4 is 0 Å². The highest BCUT2D eigenvalue weighted by Crippen LogP contribution is 2.26. The van der Waals surface area contributed by atoms with Crippen molar-refractivity contribution in [2.75, 3.05) is 7.05 Å². The Morgan fingerprint density at radius 1 is 1.39 bits per heavy atom. The van der Waals surface area contributed by atoms with Crippen molar-refractivity contribution in [2.24, 2.45) is 5.92 Å². The fourth-order valence-corrected chi connectivity index (χ4v) is 2.69. The van der Waals surface area contributed by atoms with Crippen molar-refractivity contribution in [1.82, 2.24) is 4.90 Å². The number of amides is 1. The van der Waals surface area contributed by atoms with Gasteiger partial charge in [0.25, 0.3) is 0 Å². The predicted molar refractivity (Wildman–Crippen MR) is 71.2 cm³/mol. The molecule has 1 heterocycles. The molecule has 3 nitrogen and oxygen atoms in total. The van der Waals surface area contributed by atoms with Gasteiger partial charge in [-0.25, -0.2) is 0 Å². The van der Waals surface area contributed by atoms with E-state index in [2.05, 4.69) is 6.92 Å². The van der Waals surface area contributed by atoms with Gasteiger partial charge < -0.3 is 9.32 Å². The third kappa shape index (κ3) is 3.37. The van der Waals surface area contributed by atoms with Crippen LogP contribution in [-0.4, -0.2) is 23.9 Å². The van der Waals surface area contributed by atoms with E-state index < -0.39 is 0 Å². The second-order valence-electron chi connectivity index (χ2n) is 5.50.